The lowest BCUT2D eigenvalue weighted by Gasteiger charge is -2.24. The van der Waals surface area contributed by atoms with Crippen molar-refractivity contribution in [2.24, 2.45) is 0 Å². The van der Waals surface area contributed by atoms with Gasteiger partial charge < -0.3 is 0 Å². The first-order valence-electron chi connectivity index (χ1n) is 9.19. The molecule has 2 nitrogen and oxygen atoms in total. The van der Waals surface area contributed by atoms with Gasteiger partial charge >= 0.3 is 0 Å². The van der Waals surface area contributed by atoms with Crippen LogP contribution in [0, 0.1) is 6.92 Å². The maximum atomic E-state index is 13.1. The summed E-state index contributed by atoms with van der Waals surface area (Å²) in [4.78, 5) is 15.6. The standard InChI is InChI=1S/C22H25NO/c1-16-12-14-18(15-13-16)22(24)21-20(17-8-4-2-5-9-17)23(21)19-10-6-3-7-11-19/h2,4-5,8-9,12-15,19-21H,3,6-7,10-11H2,1H3/t20-,21-,23?/m1/s1. The van der Waals surface area contributed by atoms with Crippen molar-refractivity contribution in [1.29, 1.82) is 0 Å². The van der Waals surface area contributed by atoms with Crippen LogP contribution in [-0.2, 0) is 0 Å². The molecule has 2 heteroatoms. The highest BCUT2D eigenvalue weighted by Crippen LogP contribution is 2.49. The number of rotatable bonds is 4. The Bertz CT molecular complexity index is 701. The fraction of sp³-hybridized carbons (Fsp3) is 0.409. The first-order valence-corrected chi connectivity index (χ1v) is 9.19. The molecule has 0 amide bonds. The van der Waals surface area contributed by atoms with Crippen molar-refractivity contribution >= 4 is 5.78 Å². The minimum Gasteiger partial charge on any atom is -0.292 e. The smallest absolute Gasteiger partial charge is 0.181 e. The summed E-state index contributed by atoms with van der Waals surface area (Å²) in [5.74, 6) is 0.287. The summed E-state index contributed by atoms with van der Waals surface area (Å²) in [6.07, 6.45) is 6.42. The number of benzene rings is 2. The molecule has 1 unspecified atom stereocenters. The first kappa shape index (κ1) is 15.6. The number of nitrogens with zero attached hydrogens (tertiary/aromatic N) is 1. The number of hydrogen-bond donors (Lipinski definition) is 0. The van der Waals surface area contributed by atoms with Crippen LogP contribution in [0.3, 0.4) is 0 Å². The molecule has 2 aromatic rings. The third-order valence-corrected chi connectivity index (χ3v) is 5.59. The Morgan fingerprint density at radius 1 is 0.917 bits per heavy atom. The van der Waals surface area contributed by atoms with E-state index in [4.69, 9.17) is 0 Å². The minimum absolute atomic E-state index is 0.0261. The monoisotopic (exact) mass is 319 g/mol. The van der Waals surface area contributed by atoms with Crippen LogP contribution < -0.4 is 0 Å². The average Bonchev–Trinajstić information content (AvgIpc) is 3.39. The average molecular weight is 319 g/mol. The van der Waals surface area contributed by atoms with Crippen molar-refractivity contribution in [3.63, 3.8) is 0 Å². The van der Waals surface area contributed by atoms with E-state index in [0.717, 1.165) is 5.56 Å². The van der Waals surface area contributed by atoms with E-state index in [0.29, 0.717) is 6.04 Å². The topological polar surface area (TPSA) is 20.1 Å². The molecule has 0 N–H and O–H groups in total. The van der Waals surface area contributed by atoms with Gasteiger partial charge in [0.05, 0.1) is 12.1 Å². The summed E-state index contributed by atoms with van der Waals surface area (Å²) in [5, 5.41) is 0. The Labute approximate surface area is 144 Å². The largest absolute Gasteiger partial charge is 0.292 e. The van der Waals surface area contributed by atoms with Crippen molar-refractivity contribution in [2.75, 3.05) is 0 Å². The van der Waals surface area contributed by atoms with Gasteiger partial charge in [0.2, 0.25) is 0 Å². The third-order valence-electron chi connectivity index (χ3n) is 5.59. The van der Waals surface area contributed by atoms with E-state index >= 15 is 0 Å². The highest BCUT2D eigenvalue weighted by atomic mass is 16.1. The molecule has 0 aromatic heterocycles. The molecule has 0 spiro atoms. The summed E-state index contributed by atoms with van der Waals surface area (Å²) >= 11 is 0. The minimum atomic E-state index is 0.0261. The fourth-order valence-electron chi connectivity index (χ4n) is 4.25. The molecule has 124 valence electrons. The van der Waals surface area contributed by atoms with Gasteiger partial charge in [-0.05, 0) is 25.3 Å². The maximum Gasteiger partial charge on any atom is 0.181 e. The lowest BCUT2D eigenvalue weighted by atomic mass is 9.95. The maximum absolute atomic E-state index is 13.1. The van der Waals surface area contributed by atoms with Gasteiger partial charge in [-0.2, -0.15) is 0 Å². The molecule has 2 aromatic carbocycles. The molecule has 2 aliphatic rings. The highest BCUT2D eigenvalue weighted by molar-refractivity contribution is 6.02. The van der Waals surface area contributed by atoms with Crippen molar-refractivity contribution in [2.45, 2.75) is 57.2 Å². The van der Waals surface area contributed by atoms with Gasteiger partial charge in [0, 0.05) is 11.6 Å². The van der Waals surface area contributed by atoms with Crippen LogP contribution in [0.15, 0.2) is 54.6 Å². The van der Waals surface area contributed by atoms with Crippen molar-refractivity contribution in [3.05, 3.63) is 71.3 Å². The lowest BCUT2D eigenvalue weighted by Crippen LogP contribution is -2.26. The Kier molecular flexibility index (Phi) is 4.24. The predicted octanol–water partition coefficient (Wildman–Crippen LogP) is 4.94. The summed E-state index contributed by atoms with van der Waals surface area (Å²) in [6.45, 7) is 2.06. The Hall–Kier alpha value is -1.93. The van der Waals surface area contributed by atoms with Gasteiger partial charge in [-0.25, -0.2) is 0 Å². The Balaban J connectivity index is 1.61. The summed E-state index contributed by atoms with van der Waals surface area (Å²) in [5.41, 5.74) is 3.34. The number of aryl methyl sites for hydroxylation is 1. The Morgan fingerprint density at radius 2 is 1.58 bits per heavy atom. The first-order chi connectivity index (χ1) is 11.8. The summed E-state index contributed by atoms with van der Waals surface area (Å²) < 4.78 is 0. The van der Waals surface area contributed by atoms with E-state index < -0.39 is 0 Å². The van der Waals surface area contributed by atoms with Gasteiger partial charge in [0.15, 0.2) is 5.78 Å². The highest BCUT2D eigenvalue weighted by Gasteiger charge is 2.55. The van der Waals surface area contributed by atoms with Crippen molar-refractivity contribution in [3.8, 4) is 0 Å². The number of hydrogen-bond acceptors (Lipinski definition) is 2. The molecule has 1 aliphatic carbocycles. The zero-order valence-corrected chi connectivity index (χ0v) is 14.3. The number of ketones is 1. The molecule has 1 saturated heterocycles. The molecule has 3 atom stereocenters. The molecule has 0 radical (unpaired) electrons. The van der Waals surface area contributed by atoms with Crippen molar-refractivity contribution in [1.82, 2.24) is 4.90 Å². The van der Waals surface area contributed by atoms with E-state index in [1.165, 1.54) is 43.2 Å². The quantitative estimate of drug-likeness (QED) is 0.588. The van der Waals surface area contributed by atoms with E-state index in [9.17, 15) is 4.79 Å². The van der Waals surface area contributed by atoms with Crippen LogP contribution in [0.2, 0.25) is 0 Å². The Morgan fingerprint density at radius 3 is 2.25 bits per heavy atom. The van der Waals surface area contributed by atoms with Crippen LogP contribution in [0.1, 0.15) is 59.6 Å². The van der Waals surface area contributed by atoms with Gasteiger partial charge in [0.25, 0.3) is 0 Å². The van der Waals surface area contributed by atoms with Gasteiger partial charge in [-0.15, -0.1) is 0 Å². The van der Waals surface area contributed by atoms with Gasteiger partial charge in [0.1, 0.15) is 0 Å². The van der Waals surface area contributed by atoms with Crippen LogP contribution >= 0.6 is 0 Å². The normalized spacial score (nSPS) is 27.0. The molecular formula is C22H25NO. The molecule has 4 rings (SSSR count). The van der Waals surface area contributed by atoms with E-state index in [1.807, 2.05) is 30.3 Å². The predicted molar refractivity (Wildman–Crippen MR) is 97.2 cm³/mol. The fourth-order valence-corrected chi connectivity index (χ4v) is 4.25. The van der Waals surface area contributed by atoms with Crippen LogP contribution in [0.5, 0.6) is 0 Å². The van der Waals surface area contributed by atoms with Crippen LogP contribution in [0.25, 0.3) is 0 Å². The van der Waals surface area contributed by atoms with Crippen molar-refractivity contribution < 1.29 is 4.79 Å². The molecular weight excluding hydrogens is 294 g/mol. The molecule has 0 bridgehead atoms. The summed E-state index contributed by atoms with van der Waals surface area (Å²) in [7, 11) is 0. The molecule has 24 heavy (non-hydrogen) atoms. The number of carbonyl (C=O) groups excluding carboxylic acids is 1. The van der Waals surface area contributed by atoms with E-state index in [-0.39, 0.29) is 17.9 Å². The van der Waals surface area contributed by atoms with Crippen LogP contribution in [0.4, 0.5) is 0 Å². The zero-order chi connectivity index (χ0) is 16.5. The second-order valence-electron chi connectivity index (χ2n) is 7.27. The lowest BCUT2D eigenvalue weighted by molar-refractivity contribution is 0.0963. The SMILES string of the molecule is Cc1ccc(C(=O)[C@H]2[C@@H](c3ccccc3)N2C2CCCCC2)cc1. The number of carbonyl (C=O) groups is 1. The molecule has 1 saturated carbocycles. The van der Waals surface area contributed by atoms with Gasteiger partial charge in [-0.1, -0.05) is 79.4 Å². The van der Waals surface area contributed by atoms with Crippen LogP contribution in [-0.4, -0.2) is 22.8 Å². The molecule has 1 heterocycles. The third kappa shape index (κ3) is 2.91. The van der Waals surface area contributed by atoms with E-state index in [2.05, 4.69) is 36.1 Å². The van der Waals surface area contributed by atoms with E-state index in [1.54, 1.807) is 0 Å². The number of Topliss-reactive ketones (excluding diaryl/α,β-unsaturated/α-hetero) is 1. The summed E-state index contributed by atoms with van der Waals surface area (Å²) in [6, 6.07) is 19.5. The second kappa shape index (κ2) is 6.52. The second-order valence-corrected chi connectivity index (χ2v) is 7.27. The van der Waals surface area contributed by atoms with Gasteiger partial charge in [-0.3, -0.25) is 9.69 Å². The molecule has 2 fully saturated rings. The molecule has 1 aliphatic heterocycles. The zero-order valence-electron chi connectivity index (χ0n) is 14.3.